The minimum absolute atomic E-state index is 0.523. The van der Waals surface area contributed by atoms with E-state index in [1.54, 1.807) is 6.07 Å². The zero-order valence-corrected chi connectivity index (χ0v) is 13.0. The molecular weight excluding hydrogens is 291 g/mol. The van der Waals surface area contributed by atoms with Crippen molar-refractivity contribution in [3.8, 4) is 11.4 Å². The molecule has 0 amide bonds. The molecule has 0 bridgehead atoms. The van der Waals surface area contributed by atoms with Crippen LogP contribution in [-0.2, 0) is 0 Å². The molecule has 0 unspecified atom stereocenters. The van der Waals surface area contributed by atoms with Gasteiger partial charge in [0.05, 0.1) is 21.1 Å². The number of fused-ring (bicyclic) bond motifs is 1. The van der Waals surface area contributed by atoms with Gasteiger partial charge < -0.3 is 4.98 Å². The lowest BCUT2D eigenvalue weighted by Crippen LogP contribution is -1.91. The predicted molar refractivity (Wildman–Crippen MR) is 85.8 cm³/mol. The van der Waals surface area contributed by atoms with Gasteiger partial charge in [-0.2, -0.15) is 0 Å². The fraction of sp³-hybridized carbons (Fsp3) is 0.188. The van der Waals surface area contributed by atoms with E-state index < -0.39 is 0 Å². The summed E-state index contributed by atoms with van der Waals surface area (Å²) >= 11 is 12.1. The van der Waals surface area contributed by atoms with Crippen molar-refractivity contribution in [3.05, 3.63) is 51.0 Å². The van der Waals surface area contributed by atoms with Gasteiger partial charge in [-0.05, 0) is 44.0 Å². The number of nitrogens with one attached hydrogen (secondary N) is 1. The Bertz CT molecular complexity index is 757. The number of halogens is 2. The Kier molecular flexibility index (Phi) is 3.23. The van der Waals surface area contributed by atoms with Crippen LogP contribution in [0.25, 0.3) is 22.4 Å². The molecule has 1 aromatic heterocycles. The molecule has 1 N–H and O–H groups in total. The molecule has 3 rings (SSSR count). The highest BCUT2D eigenvalue weighted by Gasteiger charge is 2.12. The zero-order valence-electron chi connectivity index (χ0n) is 11.5. The van der Waals surface area contributed by atoms with Gasteiger partial charge in [0.1, 0.15) is 5.82 Å². The van der Waals surface area contributed by atoms with Gasteiger partial charge in [-0.15, -0.1) is 0 Å². The van der Waals surface area contributed by atoms with Crippen LogP contribution in [0.3, 0.4) is 0 Å². The van der Waals surface area contributed by atoms with Crippen LogP contribution in [0.4, 0.5) is 0 Å². The van der Waals surface area contributed by atoms with E-state index >= 15 is 0 Å². The maximum absolute atomic E-state index is 6.05. The normalized spacial score (nSPS) is 11.2. The molecule has 102 valence electrons. The third-order valence-corrected chi connectivity index (χ3v) is 4.16. The van der Waals surface area contributed by atoms with Crippen LogP contribution in [0.5, 0.6) is 0 Å². The van der Waals surface area contributed by atoms with Gasteiger partial charge in [0, 0.05) is 5.56 Å². The largest absolute Gasteiger partial charge is 0.338 e. The van der Waals surface area contributed by atoms with Crippen LogP contribution < -0.4 is 0 Å². The Morgan fingerprint density at radius 3 is 2.15 bits per heavy atom. The predicted octanol–water partition coefficient (Wildman–Crippen LogP) is 5.46. The van der Waals surface area contributed by atoms with E-state index in [0.717, 1.165) is 22.4 Å². The number of nitrogens with zero attached hydrogens (tertiary/aromatic N) is 1. The summed E-state index contributed by atoms with van der Waals surface area (Å²) in [5.41, 5.74) is 6.53. The summed E-state index contributed by atoms with van der Waals surface area (Å²) in [5, 5.41) is 1.06. The third-order valence-electron chi connectivity index (χ3n) is 3.44. The number of aryl methyl sites for hydroxylation is 3. The molecule has 0 aliphatic carbocycles. The van der Waals surface area contributed by atoms with Crippen LogP contribution >= 0.6 is 23.2 Å². The van der Waals surface area contributed by atoms with E-state index in [9.17, 15) is 0 Å². The number of aromatic nitrogens is 2. The molecule has 0 fully saturated rings. The quantitative estimate of drug-likeness (QED) is 0.635. The standard InChI is InChI=1S/C16H14Cl2N2/c1-8-4-9(2)15(10(3)5-8)16-19-13-6-11(17)12(18)7-14(13)20-16/h4-7H,1-3H3,(H,19,20). The van der Waals surface area contributed by atoms with Crippen molar-refractivity contribution in [2.45, 2.75) is 20.8 Å². The van der Waals surface area contributed by atoms with Crippen molar-refractivity contribution in [3.63, 3.8) is 0 Å². The molecule has 0 aliphatic rings. The van der Waals surface area contributed by atoms with Crippen LogP contribution in [-0.4, -0.2) is 9.97 Å². The molecule has 0 radical (unpaired) electrons. The first-order chi connectivity index (χ1) is 9.45. The molecule has 2 aromatic carbocycles. The number of H-pyrrole nitrogens is 1. The van der Waals surface area contributed by atoms with Crippen LogP contribution in [0, 0.1) is 20.8 Å². The fourth-order valence-corrected chi connectivity index (χ4v) is 3.00. The fourth-order valence-electron chi connectivity index (χ4n) is 2.68. The van der Waals surface area contributed by atoms with E-state index in [2.05, 4.69) is 42.9 Å². The molecule has 0 aliphatic heterocycles. The lowest BCUT2D eigenvalue weighted by atomic mass is 9.99. The molecule has 3 aromatic rings. The van der Waals surface area contributed by atoms with Gasteiger partial charge in [-0.25, -0.2) is 4.98 Å². The van der Waals surface area contributed by atoms with Gasteiger partial charge >= 0.3 is 0 Å². The summed E-state index contributed by atoms with van der Waals surface area (Å²) in [6.07, 6.45) is 0. The second kappa shape index (κ2) is 4.80. The second-order valence-electron chi connectivity index (χ2n) is 5.14. The summed E-state index contributed by atoms with van der Waals surface area (Å²) in [6.45, 7) is 6.30. The number of hydrogen-bond acceptors (Lipinski definition) is 1. The van der Waals surface area contributed by atoms with Gasteiger partial charge in [-0.3, -0.25) is 0 Å². The number of benzene rings is 2. The SMILES string of the molecule is Cc1cc(C)c(-c2nc3cc(Cl)c(Cl)cc3[nH]2)c(C)c1. The van der Waals surface area contributed by atoms with E-state index in [0.29, 0.717) is 10.0 Å². The highest BCUT2D eigenvalue weighted by Crippen LogP contribution is 2.31. The highest BCUT2D eigenvalue weighted by molar-refractivity contribution is 6.42. The monoisotopic (exact) mass is 304 g/mol. The smallest absolute Gasteiger partial charge is 0.139 e. The summed E-state index contributed by atoms with van der Waals surface area (Å²) in [6, 6.07) is 7.93. The lowest BCUT2D eigenvalue weighted by Gasteiger charge is -2.08. The minimum Gasteiger partial charge on any atom is -0.338 e. The average Bonchev–Trinajstić information content (AvgIpc) is 2.70. The Hall–Kier alpha value is -1.51. The summed E-state index contributed by atoms with van der Waals surface area (Å²) in [7, 11) is 0. The molecule has 0 atom stereocenters. The molecular formula is C16H14Cl2N2. The van der Waals surface area contributed by atoms with Gasteiger partial charge in [0.15, 0.2) is 0 Å². The minimum atomic E-state index is 0.523. The van der Waals surface area contributed by atoms with Crippen LogP contribution in [0.15, 0.2) is 24.3 Å². The first kappa shape index (κ1) is 13.5. The van der Waals surface area contributed by atoms with Crippen molar-refractivity contribution in [1.82, 2.24) is 9.97 Å². The molecule has 0 saturated carbocycles. The van der Waals surface area contributed by atoms with Gasteiger partial charge in [-0.1, -0.05) is 40.9 Å². The Balaban J connectivity index is 2.25. The maximum atomic E-state index is 6.05. The van der Waals surface area contributed by atoms with E-state index in [1.807, 2.05) is 6.07 Å². The molecule has 4 heteroatoms. The molecule has 2 nitrogen and oxygen atoms in total. The van der Waals surface area contributed by atoms with Crippen molar-refractivity contribution >= 4 is 34.2 Å². The molecule has 20 heavy (non-hydrogen) atoms. The second-order valence-corrected chi connectivity index (χ2v) is 5.96. The zero-order chi connectivity index (χ0) is 14.4. The number of aromatic amines is 1. The first-order valence-electron chi connectivity index (χ1n) is 6.38. The Morgan fingerprint density at radius 2 is 1.50 bits per heavy atom. The summed E-state index contributed by atoms with van der Waals surface area (Å²) in [5.74, 6) is 0.855. The van der Waals surface area contributed by atoms with Crippen molar-refractivity contribution in [2.24, 2.45) is 0 Å². The lowest BCUT2D eigenvalue weighted by molar-refractivity contribution is 1.25. The summed E-state index contributed by atoms with van der Waals surface area (Å²) in [4.78, 5) is 7.96. The van der Waals surface area contributed by atoms with Crippen molar-refractivity contribution in [1.29, 1.82) is 0 Å². The highest BCUT2D eigenvalue weighted by atomic mass is 35.5. The van der Waals surface area contributed by atoms with E-state index in [1.165, 1.54) is 16.7 Å². The molecule has 0 spiro atoms. The molecule has 1 heterocycles. The van der Waals surface area contributed by atoms with Gasteiger partial charge in [0.25, 0.3) is 0 Å². The maximum Gasteiger partial charge on any atom is 0.139 e. The third kappa shape index (κ3) is 2.19. The molecule has 0 saturated heterocycles. The topological polar surface area (TPSA) is 28.7 Å². The van der Waals surface area contributed by atoms with Gasteiger partial charge in [0.2, 0.25) is 0 Å². The summed E-state index contributed by atoms with van der Waals surface area (Å²) < 4.78 is 0. The number of rotatable bonds is 1. The van der Waals surface area contributed by atoms with Crippen LogP contribution in [0.2, 0.25) is 10.0 Å². The number of imidazole rings is 1. The first-order valence-corrected chi connectivity index (χ1v) is 7.14. The Labute approximate surface area is 127 Å². The van der Waals surface area contributed by atoms with Crippen LogP contribution in [0.1, 0.15) is 16.7 Å². The average molecular weight is 305 g/mol. The number of hydrogen-bond donors (Lipinski definition) is 1. The van der Waals surface area contributed by atoms with E-state index in [4.69, 9.17) is 23.2 Å². The van der Waals surface area contributed by atoms with E-state index in [-0.39, 0.29) is 0 Å². The van der Waals surface area contributed by atoms with Crippen molar-refractivity contribution < 1.29 is 0 Å². The Morgan fingerprint density at radius 1 is 0.900 bits per heavy atom. The van der Waals surface area contributed by atoms with Crippen molar-refractivity contribution in [2.75, 3.05) is 0 Å².